The van der Waals surface area contributed by atoms with E-state index in [1.165, 1.54) is 6.08 Å². The third-order valence-electron chi connectivity index (χ3n) is 1.40. The predicted octanol–water partition coefficient (Wildman–Crippen LogP) is 2.75. The molecule has 0 aromatic heterocycles. The fourth-order valence-electron chi connectivity index (χ4n) is 0.907. The molecule has 0 fully saturated rings. The van der Waals surface area contributed by atoms with Crippen LogP contribution in [0.4, 0.5) is 0 Å². The van der Waals surface area contributed by atoms with Crippen LogP contribution in [0.3, 0.4) is 0 Å². The first-order valence-electron chi connectivity index (χ1n) is 3.53. The minimum atomic E-state index is 0.491. The van der Waals surface area contributed by atoms with E-state index < -0.39 is 0 Å². The zero-order valence-corrected chi connectivity index (χ0v) is 7.42. The van der Waals surface area contributed by atoms with Crippen molar-refractivity contribution in [2.75, 3.05) is 0 Å². The van der Waals surface area contributed by atoms with Gasteiger partial charge in [0, 0.05) is 11.1 Å². The highest BCUT2D eigenvalue weighted by Crippen LogP contribution is 2.15. The van der Waals surface area contributed by atoms with Gasteiger partial charge in [0.25, 0.3) is 0 Å². The van der Waals surface area contributed by atoms with Gasteiger partial charge in [0.15, 0.2) is 0 Å². The summed E-state index contributed by atoms with van der Waals surface area (Å²) >= 11 is 5.74. The van der Waals surface area contributed by atoms with Crippen molar-refractivity contribution in [3.05, 3.63) is 40.4 Å². The first-order valence-corrected chi connectivity index (χ1v) is 3.91. The molecule has 0 heterocycles. The molecule has 0 bridgehead atoms. The molecule has 13 heavy (non-hydrogen) atoms. The second kappa shape index (κ2) is 4.30. The number of nitrogens with zero attached hydrogens (tertiary/aromatic N) is 2. The molecule has 3 heteroatoms. The Morgan fingerprint density at radius 3 is 2.62 bits per heavy atom. The van der Waals surface area contributed by atoms with E-state index >= 15 is 0 Å². The molecule has 1 aromatic rings. The monoisotopic (exact) mass is 188 g/mol. The highest BCUT2D eigenvalue weighted by molar-refractivity contribution is 6.30. The molecular formula is C10H5ClN2. The van der Waals surface area contributed by atoms with Gasteiger partial charge in [0.05, 0.1) is 17.7 Å². The Morgan fingerprint density at radius 2 is 2.00 bits per heavy atom. The second-order valence-electron chi connectivity index (χ2n) is 2.35. The van der Waals surface area contributed by atoms with Crippen molar-refractivity contribution in [1.29, 1.82) is 10.5 Å². The Morgan fingerprint density at radius 1 is 1.23 bits per heavy atom. The lowest BCUT2D eigenvalue weighted by molar-refractivity contribution is 1.48. The Balaban J connectivity index is 3.12. The largest absolute Gasteiger partial charge is 0.193 e. The second-order valence-corrected chi connectivity index (χ2v) is 2.78. The Labute approximate surface area is 81.3 Å². The van der Waals surface area contributed by atoms with Crippen molar-refractivity contribution in [1.82, 2.24) is 0 Å². The van der Waals surface area contributed by atoms with Gasteiger partial charge in [-0.05, 0) is 29.8 Å². The summed E-state index contributed by atoms with van der Waals surface area (Å²) in [7, 11) is 0. The van der Waals surface area contributed by atoms with Crippen molar-refractivity contribution in [2.45, 2.75) is 0 Å². The maximum absolute atomic E-state index is 8.61. The van der Waals surface area contributed by atoms with Gasteiger partial charge >= 0.3 is 0 Å². The molecule has 0 radical (unpaired) electrons. The number of nitriles is 2. The fourth-order valence-corrected chi connectivity index (χ4v) is 1.15. The molecule has 0 aliphatic heterocycles. The van der Waals surface area contributed by atoms with Crippen LogP contribution in [0.1, 0.15) is 11.1 Å². The van der Waals surface area contributed by atoms with Crippen LogP contribution in [0.2, 0.25) is 5.02 Å². The molecule has 2 nitrogen and oxygen atoms in total. The molecule has 0 spiro atoms. The Bertz CT molecular complexity index is 422. The van der Waals surface area contributed by atoms with Crippen LogP contribution in [0.15, 0.2) is 24.3 Å². The van der Waals surface area contributed by atoms with E-state index in [9.17, 15) is 0 Å². The summed E-state index contributed by atoms with van der Waals surface area (Å²) in [5.41, 5.74) is 1.25. The maximum Gasteiger partial charge on any atom is 0.0992 e. The van der Waals surface area contributed by atoms with E-state index in [1.807, 2.05) is 12.1 Å². The highest BCUT2D eigenvalue weighted by atomic mass is 35.5. The molecule has 1 aromatic carbocycles. The molecule has 0 unspecified atom stereocenters. The first-order chi connectivity index (χ1) is 6.26. The Kier molecular flexibility index (Phi) is 3.09. The molecule has 0 saturated heterocycles. The minimum Gasteiger partial charge on any atom is -0.193 e. The van der Waals surface area contributed by atoms with Crippen LogP contribution in [-0.4, -0.2) is 0 Å². The van der Waals surface area contributed by atoms with E-state index in [2.05, 4.69) is 0 Å². The molecule has 0 atom stereocenters. The van der Waals surface area contributed by atoms with Crippen molar-refractivity contribution < 1.29 is 0 Å². The van der Waals surface area contributed by atoms with Crippen LogP contribution in [0.25, 0.3) is 6.08 Å². The van der Waals surface area contributed by atoms with Crippen LogP contribution in [0.5, 0.6) is 0 Å². The molecular weight excluding hydrogens is 184 g/mol. The summed E-state index contributed by atoms with van der Waals surface area (Å²) in [6, 6.07) is 8.78. The zero-order chi connectivity index (χ0) is 9.68. The summed E-state index contributed by atoms with van der Waals surface area (Å²) in [5.74, 6) is 0. The van der Waals surface area contributed by atoms with E-state index in [0.717, 1.165) is 5.56 Å². The molecule has 0 amide bonds. The zero-order valence-electron chi connectivity index (χ0n) is 6.66. The van der Waals surface area contributed by atoms with Gasteiger partial charge in [-0.15, -0.1) is 0 Å². The lowest BCUT2D eigenvalue weighted by Gasteiger charge is -1.95. The third kappa shape index (κ3) is 2.63. The first kappa shape index (κ1) is 9.32. The van der Waals surface area contributed by atoms with Gasteiger partial charge in [-0.2, -0.15) is 10.5 Å². The standard InChI is InChI=1S/C10H5ClN2/c11-10-5-8(2-1-3-12)4-9(6-10)7-13/h1-2,4-6H/b2-1+. The van der Waals surface area contributed by atoms with Crippen molar-refractivity contribution in [2.24, 2.45) is 0 Å². The lowest BCUT2D eigenvalue weighted by atomic mass is 10.1. The summed E-state index contributed by atoms with van der Waals surface area (Å²) in [4.78, 5) is 0. The molecule has 0 aliphatic carbocycles. The molecule has 62 valence electrons. The SMILES string of the molecule is N#C/C=C/c1cc(Cl)cc(C#N)c1. The van der Waals surface area contributed by atoms with Gasteiger partial charge in [-0.25, -0.2) is 0 Å². The molecule has 0 saturated carbocycles. The normalized spacial score (nSPS) is 9.46. The smallest absolute Gasteiger partial charge is 0.0992 e. The quantitative estimate of drug-likeness (QED) is 0.637. The topological polar surface area (TPSA) is 47.6 Å². The van der Waals surface area contributed by atoms with Crippen molar-refractivity contribution in [3.8, 4) is 12.1 Å². The van der Waals surface area contributed by atoms with Gasteiger partial charge in [0.2, 0.25) is 0 Å². The number of allylic oxidation sites excluding steroid dienone is 1. The number of hydrogen-bond acceptors (Lipinski definition) is 2. The van der Waals surface area contributed by atoms with E-state index in [1.54, 1.807) is 24.3 Å². The lowest BCUT2D eigenvalue weighted by Crippen LogP contribution is -1.77. The van der Waals surface area contributed by atoms with Gasteiger partial charge in [-0.1, -0.05) is 11.6 Å². The van der Waals surface area contributed by atoms with Crippen molar-refractivity contribution >= 4 is 17.7 Å². The molecule has 1 rings (SSSR count). The number of halogens is 1. The van der Waals surface area contributed by atoms with Crippen LogP contribution >= 0.6 is 11.6 Å². The maximum atomic E-state index is 8.61. The van der Waals surface area contributed by atoms with Crippen molar-refractivity contribution in [3.63, 3.8) is 0 Å². The van der Waals surface area contributed by atoms with E-state index in [-0.39, 0.29) is 0 Å². The highest BCUT2D eigenvalue weighted by Gasteiger charge is 1.95. The van der Waals surface area contributed by atoms with Crippen LogP contribution in [-0.2, 0) is 0 Å². The average molecular weight is 189 g/mol. The fraction of sp³-hybridized carbons (Fsp3) is 0. The molecule has 0 N–H and O–H groups in total. The van der Waals surface area contributed by atoms with Gasteiger partial charge < -0.3 is 0 Å². The third-order valence-corrected chi connectivity index (χ3v) is 1.62. The van der Waals surface area contributed by atoms with Gasteiger partial charge in [0.1, 0.15) is 0 Å². The minimum absolute atomic E-state index is 0.491. The summed E-state index contributed by atoms with van der Waals surface area (Å²) < 4.78 is 0. The van der Waals surface area contributed by atoms with E-state index in [4.69, 9.17) is 22.1 Å². The number of rotatable bonds is 1. The summed E-state index contributed by atoms with van der Waals surface area (Å²) in [6.07, 6.45) is 2.94. The van der Waals surface area contributed by atoms with Gasteiger partial charge in [-0.3, -0.25) is 0 Å². The molecule has 0 aliphatic rings. The predicted molar refractivity (Wildman–Crippen MR) is 50.8 cm³/mol. The average Bonchev–Trinajstić information content (AvgIpc) is 2.14. The number of benzene rings is 1. The van der Waals surface area contributed by atoms with Crippen LogP contribution in [0, 0.1) is 22.7 Å². The summed E-state index contributed by atoms with van der Waals surface area (Å²) in [5, 5.41) is 17.4. The summed E-state index contributed by atoms with van der Waals surface area (Å²) in [6.45, 7) is 0. The van der Waals surface area contributed by atoms with Crippen LogP contribution < -0.4 is 0 Å². The Hall–Kier alpha value is -1.77. The number of hydrogen-bond donors (Lipinski definition) is 0. The van der Waals surface area contributed by atoms with E-state index in [0.29, 0.717) is 10.6 Å².